The summed E-state index contributed by atoms with van der Waals surface area (Å²) in [5, 5.41) is 0. The summed E-state index contributed by atoms with van der Waals surface area (Å²) in [6, 6.07) is 6.42. The maximum atomic E-state index is 13.6. The van der Waals surface area contributed by atoms with Gasteiger partial charge in [-0.05, 0) is 19.5 Å². The number of imidazole rings is 1. The summed E-state index contributed by atoms with van der Waals surface area (Å²) in [6.07, 6.45) is 4.42. The molecule has 1 atom stereocenters. The molecule has 4 nitrogen and oxygen atoms in total. The first kappa shape index (κ1) is 14.7. The molecule has 0 fully saturated rings. The Bertz CT molecular complexity index is 552. The zero-order valence-electron chi connectivity index (χ0n) is 12.0. The molecule has 2 N–H and O–H groups in total. The van der Waals surface area contributed by atoms with Crippen molar-refractivity contribution in [3.8, 4) is 0 Å². The van der Waals surface area contributed by atoms with E-state index < -0.39 is 0 Å². The van der Waals surface area contributed by atoms with Gasteiger partial charge in [-0.25, -0.2) is 9.37 Å². The fraction of sp³-hybridized carbons (Fsp3) is 0.400. The van der Waals surface area contributed by atoms with Crippen LogP contribution in [0.25, 0.3) is 0 Å². The van der Waals surface area contributed by atoms with E-state index in [9.17, 15) is 4.39 Å². The van der Waals surface area contributed by atoms with E-state index in [-0.39, 0.29) is 11.9 Å². The van der Waals surface area contributed by atoms with Crippen LogP contribution >= 0.6 is 0 Å². The summed E-state index contributed by atoms with van der Waals surface area (Å²) in [6.45, 7) is 1.55. The Kier molecular flexibility index (Phi) is 4.87. The van der Waals surface area contributed by atoms with E-state index in [0.29, 0.717) is 12.0 Å². The van der Waals surface area contributed by atoms with Crippen LogP contribution in [0, 0.1) is 5.82 Å². The number of aromatic nitrogens is 2. The number of hydrogen-bond acceptors (Lipinski definition) is 3. The molecule has 0 aliphatic rings. The van der Waals surface area contributed by atoms with Crippen molar-refractivity contribution in [1.82, 2.24) is 14.5 Å². The molecule has 1 aromatic carbocycles. The highest BCUT2D eigenvalue weighted by Gasteiger charge is 2.12. The number of nitrogens with zero attached hydrogens (tertiary/aromatic N) is 3. The number of nitrogens with two attached hydrogens (primary N) is 1. The lowest BCUT2D eigenvalue weighted by Gasteiger charge is -2.19. The summed E-state index contributed by atoms with van der Waals surface area (Å²) in [5.41, 5.74) is 6.64. The van der Waals surface area contributed by atoms with Gasteiger partial charge in [-0.1, -0.05) is 18.2 Å². The average molecular weight is 276 g/mol. The second-order valence-corrected chi connectivity index (χ2v) is 5.11. The molecule has 0 radical (unpaired) electrons. The van der Waals surface area contributed by atoms with Crippen LogP contribution in [-0.2, 0) is 13.6 Å². The predicted molar refractivity (Wildman–Crippen MR) is 77.5 cm³/mol. The summed E-state index contributed by atoms with van der Waals surface area (Å²) in [7, 11) is 3.99. The van der Waals surface area contributed by atoms with Gasteiger partial charge in [-0.3, -0.25) is 4.90 Å². The van der Waals surface area contributed by atoms with Crippen LogP contribution in [0.1, 0.15) is 23.9 Å². The topological polar surface area (TPSA) is 47.1 Å². The molecule has 0 saturated heterocycles. The Morgan fingerprint density at radius 3 is 2.80 bits per heavy atom. The molecule has 0 amide bonds. The molecule has 0 aliphatic carbocycles. The van der Waals surface area contributed by atoms with Crippen LogP contribution in [-0.4, -0.2) is 28.0 Å². The van der Waals surface area contributed by atoms with Gasteiger partial charge >= 0.3 is 0 Å². The lowest BCUT2D eigenvalue weighted by atomic mass is 10.0. The van der Waals surface area contributed by atoms with Crippen LogP contribution in [0.3, 0.4) is 0 Å². The van der Waals surface area contributed by atoms with E-state index in [2.05, 4.69) is 9.88 Å². The average Bonchev–Trinajstić information content (AvgIpc) is 2.82. The van der Waals surface area contributed by atoms with Crippen LogP contribution in [0.5, 0.6) is 0 Å². The van der Waals surface area contributed by atoms with Crippen LogP contribution in [0.4, 0.5) is 4.39 Å². The zero-order valence-corrected chi connectivity index (χ0v) is 12.0. The summed E-state index contributed by atoms with van der Waals surface area (Å²) >= 11 is 0. The van der Waals surface area contributed by atoms with Gasteiger partial charge in [0, 0.05) is 37.6 Å². The molecule has 2 aromatic rings. The SMILES string of the molecule is CN(CCC(N)c1ccccc1F)Cc1nccn1C. The van der Waals surface area contributed by atoms with Crippen molar-refractivity contribution < 1.29 is 4.39 Å². The molecule has 0 aliphatic heterocycles. The maximum Gasteiger partial charge on any atom is 0.127 e. The number of hydrogen-bond donors (Lipinski definition) is 1. The molecule has 1 aromatic heterocycles. The fourth-order valence-corrected chi connectivity index (χ4v) is 2.16. The van der Waals surface area contributed by atoms with Crippen molar-refractivity contribution in [3.63, 3.8) is 0 Å². The Morgan fingerprint density at radius 2 is 2.15 bits per heavy atom. The molecule has 0 spiro atoms. The first-order valence-electron chi connectivity index (χ1n) is 6.72. The Hall–Kier alpha value is -1.72. The number of rotatable bonds is 6. The molecule has 108 valence electrons. The van der Waals surface area contributed by atoms with Gasteiger partial charge in [0.1, 0.15) is 11.6 Å². The van der Waals surface area contributed by atoms with Gasteiger partial charge < -0.3 is 10.3 Å². The largest absolute Gasteiger partial charge is 0.337 e. The molecule has 1 heterocycles. The van der Waals surface area contributed by atoms with Gasteiger partial charge in [0.25, 0.3) is 0 Å². The summed E-state index contributed by atoms with van der Waals surface area (Å²) in [5.74, 6) is 0.777. The van der Waals surface area contributed by atoms with Crippen molar-refractivity contribution in [1.29, 1.82) is 0 Å². The zero-order chi connectivity index (χ0) is 14.5. The molecule has 20 heavy (non-hydrogen) atoms. The van der Waals surface area contributed by atoms with E-state index in [1.807, 2.05) is 30.9 Å². The molecular formula is C15H21FN4. The van der Waals surface area contributed by atoms with Crippen molar-refractivity contribution in [2.24, 2.45) is 12.8 Å². The van der Waals surface area contributed by atoms with Crippen molar-refractivity contribution in [3.05, 3.63) is 53.9 Å². The van der Waals surface area contributed by atoms with Crippen LogP contribution in [0.2, 0.25) is 0 Å². The molecule has 1 unspecified atom stereocenters. The lowest BCUT2D eigenvalue weighted by molar-refractivity contribution is 0.300. The van der Waals surface area contributed by atoms with Gasteiger partial charge in [0.05, 0.1) is 6.54 Å². The number of benzene rings is 1. The highest BCUT2D eigenvalue weighted by Crippen LogP contribution is 2.17. The van der Waals surface area contributed by atoms with Gasteiger partial charge in [0.2, 0.25) is 0 Å². The number of halogens is 1. The third-order valence-corrected chi connectivity index (χ3v) is 3.46. The Morgan fingerprint density at radius 1 is 1.40 bits per heavy atom. The van der Waals surface area contributed by atoms with Gasteiger partial charge in [-0.15, -0.1) is 0 Å². The molecule has 2 rings (SSSR count). The van der Waals surface area contributed by atoms with E-state index in [1.54, 1.807) is 18.3 Å². The third kappa shape index (κ3) is 3.65. The normalized spacial score (nSPS) is 12.8. The molecule has 0 saturated carbocycles. The van der Waals surface area contributed by atoms with Gasteiger partial charge in [-0.2, -0.15) is 0 Å². The van der Waals surface area contributed by atoms with Crippen LogP contribution < -0.4 is 5.73 Å². The second kappa shape index (κ2) is 6.63. The first-order chi connectivity index (χ1) is 9.58. The molecule has 0 bridgehead atoms. The van der Waals surface area contributed by atoms with E-state index in [1.165, 1.54) is 6.07 Å². The molecular weight excluding hydrogens is 255 g/mol. The Labute approximate surface area is 119 Å². The predicted octanol–water partition coefficient (Wildman–Crippen LogP) is 2.08. The van der Waals surface area contributed by atoms with E-state index >= 15 is 0 Å². The molecule has 5 heteroatoms. The highest BCUT2D eigenvalue weighted by molar-refractivity contribution is 5.20. The van der Waals surface area contributed by atoms with E-state index in [0.717, 1.165) is 18.9 Å². The highest BCUT2D eigenvalue weighted by atomic mass is 19.1. The third-order valence-electron chi connectivity index (χ3n) is 3.46. The minimum atomic E-state index is -0.278. The van der Waals surface area contributed by atoms with Gasteiger partial charge in [0.15, 0.2) is 0 Å². The minimum Gasteiger partial charge on any atom is -0.337 e. The summed E-state index contributed by atoms with van der Waals surface area (Å²) < 4.78 is 15.6. The number of aryl methyl sites for hydroxylation is 1. The second-order valence-electron chi connectivity index (χ2n) is 5.11. The van der Waals surface area contributed by atoms with Crippen molar-refractivity contribution in [2.75, 3.05) is 13.6 Å². The van der Waals surface area contributed by atoms with Crippen molar-refractivity contribution >= 4 is 0 Å². The maximum absolute atomic E-state index is 13.6. The standard InChI is InChI=1S/C15H21FN4/c1-19(11-15-18-8-10-20(15)2)9-7-14(17)12-5-3-4-6-13(12)16/h3-6,8,10,14H,7,9,11,17H2,1-2H3. The van der Waals surface area contributed by atoms with Crippen molar-refractivity contribution in [2.45, 2.75) is 19.0 Å². The minimum absolute atomic E-state index is 0.230. The Balaban J connectivity index is 1.86. The smallest absolute Gasteiger partial charge is 0.127 e. The first-order valence-corrected chi connectivity index (χ1v) is 6.72. The van der Waals surface area contributed by atoms with Crippen LogP contribution in [0.15, 0.2) is 36.7 Å². The summed E-state index contributed by atoms with van der Waals surface area (Å²) in [4.78, 5) is 6.43. The lowest BCUT2D eigenvalue weighted by Crippen LogP contribution is -2.25. The fourth-order valence-electron chi connectivity index (χ4n) is 2.16. The quantitative estimate of drug-likeness (QED) is 0.878. The van der Waals surface area contributed by atoms with E-state index in [4.69, 9.17) is 5.73 Å². The monoisotopic (exact) mass is 276 g/mol.